The second kappa shape index (κ2) is 9.21. The molecule has 0 aromatic heterocycles. The van der Waals surface area contributed by atoms with Gasteiger partial charge in [-0.2, -0.15) is 4.31 Å². The molecule has 2 aromatic carbocycles. The van der Waals surface area contributed by atoms with E-state index in [1.54, 1.807) is 30.3 Å². The van der Waals surface area contributed by atoms with Crippen LogP contribution >= 0.6 is 0 Å². The second-order valence-corrected chi connectivity index (χ2v) is 8.75. The van der Waals surface area contributed by atoms with Crippen LogP contribution < -0.4 is 10.1 Å². The number of hydrogen-bond donors (Lipinski definition) is 1. The van der Waals surface area contributed by atoms with E-state index in [-0.39, 0.29) is 10.8 Å². The molecule has 6 nitrogen and oxygen atoms in total. The third kappa shape index (κ3) is 4.91. The zero-order valence-electron chi connectivity index (χ0n) is 16.0. The highest BCUT2D eigenvalue weighted by molar-refractivity contribution is 7.89. The minimum Gasteiger partial charge on any atom is -0.481 e. The Kier molecular flexibility index (Phi) is 6.70. The van der Waals surface area contributed by atoms with Crippen LogP contribution in [0.15, 0.2) is 59.5 Å². The standard InChI is InChI=1S/C21H26N2O4S/c1-2-20(27-18-11-5-3-6-12-18)21(24)22-17-10-9-13-19(16-17)28(25,26)23-14-7-4-8-15-23/h3,5-6,9-13,16,20H,2,4,7-8,14-15H2,1H3,(H,22,24)/t20-/m0/s1. The average molecular weight is 403 g/mol. The van der Waals surface area contributed by atoms with E-state index < -0.39 is 16.1 Å². The number of nitrogens with one attached hydrogen (secondary N) is 1. The fourth-order valence-corrected chi connectivity index (χ4v) is 4.76. The number of sulfonamides is 1. The van der Waals surface area contributed by atoms with E-state index in [4.69, 9.17) is 4.74 Å². The van der Waals surface area contributed by atoms with Gasteiger partial charge in [0.1, 0.15) is 5.75 Å². The lowest BCUT2D eigenvalue weighted by atomic mass is 10.2. The Bertz CT molecular complexity index is 894. The summed E-state index contributed by atoms with van der Waals surface area (Å²) in [6.07, 6.45) is 2.65. The number of hydrogen-bond acceptors (Lipinski definition) is 4. The fourth-order valence-electron chi connectivity index (χ4n) is 3.20. The Morgan fingerprint density at radius 1 is 1.07 bits per heavy atom. The number of carbonyl (C=O) groups excluding carboxylic acids is 1. The normalized spacial score (nSPS) is 16.3. The van der Waals surface area contributed by atoms with Crippen molar-refractivity contribution in [2.75, 3.05) is 18.4 Å². The molecule has 2 aromatic rings. The molecule has 0 bridgehead atoms. The molecule has 28 heavy (non-hydrogen) atoms. The maximum absolute atomic E-state index is 12.8. The van der Waals surface area contributed by atoms with E-state index in [1.165, 1.54) is 10.4 Å². The molecule has 1 atom stereocenters. The van der Waals surface area contributed by atoms with Crippen LogP contribution in [0, 0.1) is 0 Å². The molecule has 1 aliphatic heterocycles. The van der Waals surface area contributed by atoms with Crippen molar-refractivity contribution in [3.63, 3.8) is 0 Å². The smallest absolute Gasteiger partial charge is 0.265 e. The Balaban J connectivity index is 1.72. The van der Waals surface area contributed by atoms with Crippen LogP contribution in [0.1, 0.15) is 32.6 Å². The molecular weight excluding hydrogens is 376 g/mol. The van der Waals surface area contributed by atoms with Crippen molar-refractivity contribution in [3.8, 4) is 5.75 Å². The highest BCUT2D eigenvalue weighted by atomic mass is 32.2. The number of amides is 1. The fraction of sp³-hybridized carbons (Fsp3) is 0.381. The van der Waals surface area contributed by atoms with Crippen molar-refractivity contribution in [2.45, 2.75) is 43.6 Å². The molecule has 1 N–H and O–H groups in total. The molecule has 1 amide bonds. The molecule has 1 heterocycles. The number of ether oxygens (including phenoxy) is 1. The van der Waals surface area contributed by atoms with E-state index in [0.717, 1.165) is 19.3 Å². The predicted octanol–water partition coefficient (Wildman–Crippen LogP) is 3.66. The lowest BCUT2D eigenvalue weighted by Gasteiger charge is -2.26. The first-order valence-corrected chi connectivity index (χ1v) is 11.1. The van der Waals surface area contributed by atoms with Gasteiger partial charge in [0.25, 0.3) is 5.91 Å². The van der Waals surface area contributed by atoms with Crippen LogP contribution in [0.5, 0.6) is 5.75 Å². The van der Waals surface area contributed by atoms with Crippen LogP contribution in [0.4, 0.5) is 5.69 Å². The summed E-state index contributed by atoms with van der Waals surface area (Å²) in [5, 5.41) is 2.78. The van der Waals surface area contributed by atoms with Crippen LogP contribution in [0.2, 0.25) is 0 Å². The Labute approximate surface area is 166 Å². The first-order valence-electron chi connectivity index (χ1n) is 9.63. The molecule has 0 saturated carbocycles. The van der Waals surface area contributed by atoms with Crippen molar-refractivity contribution < 1.29 is 17.9 Å². The summed E-state index contributed by atoms with van der Waals surface area (Å²) >= 11 is 0. The van der Waals surface area contributed by atoms with Gasteiger partial charge in [0.2, 0.25) is 10.0 Å². The van der Waals surface area contributed by atoms with Gasteiger partial charge in [0, 0.05) is 18.8 Å². The highest BCUT2D eigenvalue weighted by Crippen LogP contribution is 2.23. The molecule has 0 radical (unpaired) electrons. The molecule has 0 unspecified atom stereocenters. The van der Waals surface area contributed by atoms with E-state index in [9.17, 15) is 13.2 Å². The third-order valence-corrected chi connectivity index (χ3v) is 6.63. The van der Waals surface area contributed by atoms with Crippen LogP contribution in [-0.4, -0.2) is 37.8 Å². The van der Waals surface area contributed by atoms with Crippen LogP contribution in [-0.2, 0) is 14.8 Å². The van der Waals surface area contributed by atoms with Crippen molar-refractivity contribution in [1.82, 2.24) is 4.31 Å². The summed E-state index contributed by atoms with van der Waals surface area (Å²) in [6.45, 7) is 2.95. The van der Waals surface area contributed by atoms with Crippen molar-refractivity contribution >= 4 is 21.6 Å². The molecule has 1 fully saturated rings. The van der Waals surface area contributed by atoms with Gasteiger partial charge in [0.05, 0.1) is 4.90 Å². The van der Waals surface area contributed by atoms with E-state index >= 15 is 0 Å². The number of rotatable bonds is 7. The number of anilines is 1. The third-order valence-electron chi connectivity index (χ3n) is 4.74. The quantitative estimate of drug-likeness (QED) is 0.767. The van der Waals surface area contributed by atoms with E-state index in [0.29, 0.717) is 30.9 Å². The lowest BCUT2D eigenvalue weighted by Crippen LogP contribution is -2.35. The first-order chi connectivity index (χ1) is 13.5. The Morgan fingerprint density at radius 2 is 1.79 bits per heavy atom. The monoisotopic (exact) mass is 402 g/mol. The SMILES string of the molecule is CC[C@H](Oc1ccccc1)C(=O)Nc1cccc(S(=O)(=O)N2CCCCC2)c1. The van der Waals surface area contributed by atoms with Gasteiger partial charge in [-0.15, -0.1) is 0 Å². The van der Waals surface area contributed by atoms with Gasteiger partial charge in [-0.25, -0.2) is 8.42 Å². The van der Waals surface area contributed by atoms with Crippen molar-refractivity contribution in [2.24, 2.45) is 0 Å². The highest BCUT2D eigenvalue weighted by Gasteiger charge is 2.26. The molecule has 1 saturated heterocycles. The summed E-state index contributed by atoms with van der Waals surface area (Å²) < 4.78 is 33.0. The molecule has 1 aliphatic rings. The van der Waals surface area contributed by atoms with Crippen LogP contribution in [0.25, 0.3) is 0 Å². The number of para-hydroxylation sites is 1. The zero-order valence-corrected chi connectivity index (χ0v) is 16.8. The minimum absolute atomic E-state index is 0.198. The zero-order chi connectivity index (χ0) is 20.0. The first kappa shape index (κ1) is 20.4. The maximum Gasteiger partial charge on any atom is 0.265 e. The Morgan fingerprint density at radius 3 is 2.46 bits per heavy atom. The van der Waals surface area contributed by atoms with Gasteiger partial charge in [-0.3, -0.25) is 4.79 Å². The summed E-state index contributed by atoms with van der Waals surface area (Å²) in [6, 6.07) is 15.6. The number of carbonyl (C=O) groups is 1. The van der Waals surface area contributed by atoms with Gasteiger partial charge in [-0.1, -0.05) is 37.6 Å². The van der Waals surface area contributed by atoms with Gasteiger partial charge in [-0.05, 0) is 49.6 Å². The molecule has 7 heteroatoms. The summed E-state index contributed by atoms with van der Waals surface area (Å²) in [7, 11) is -3.54. The molecule has 3 rings (SSSR count). The van der Waals surface area contributed by atoms with E-state index in [2.05, 4.69) is 5.32 Å². The molecular formula is C21H26N2O4S. The lowest BCUT2D eigenvalue weighted by molar-refractivity contribution is -0.122. The van der Waals surface area contributed by atoms with Crippen molar-refractivity contribution in [1.29, 1.82) is 0 Å². The van der Waals surface area contributed by atoms with Crippen LogP contribution in [0.3, 0.4) is 0 Å². The summed E-state index contributed by atoms with van der Waals surface area (Å²) in [4.78, 5) is 12.8. The summed E-state index contributed by atoms with van der Waals surface area (Å²) in [5.41, 5.74) is 0.443. The van der Waals surface area contributed by atoms with Crippen molar-refractivity contribution in [3.05, 3.63) is 54.6 Å². The number of benzene rings is 2. The Hall–Kier alpha value is -2.38. The van der Waals surface area contributed by atoms with Gasteiger partial charge < -0.3 is 10.1 Å². The number of piperidine rings is 1. The minimum atomic E-state index is -3.54. The largest absolute Gasteiger partial charge is 0.481 e. The molecule has 0 spiro atoms. The average Bonchev–Trinajstić information content (AvgIpc) is 2.73. The topological polar surface area (TPSA) is 75.7 Å². The predicted molar refractivity (Wildman–Crippen MR) is 109 cm³/mol. The molecule has 0 aliphatic carbocycles. The molecule has 150 valence electrons. The summed E-state index contributed by atoms with van der Waals surface area (Å²) in [5.74, 6) is 0.310. The number of nitrogens with zero attached hydrogens (tertiary/aromatic N) is 1. The van der Waals surface area contributed by atoms with Gasteiger partial charge in [0.15, 0.2) is 6.10 Å². The second-order valence-electron chi connectivity index (χ2n) is 6.81. The van der Waals surface area contributed by atoms with Gasteiger partial charge >= 0.3 is 0 Å². The maximum atomic E-state index is 12.8. The van der Waals surface area contributed by atoms with E-state index in [1.807, 2.05) is 25.1 Å².